The van der Waals surface area contributed by atoms with E-state index >= 15 is 0 Å². The van der Waals surface area contributed by atoms with Gasteiger partial charge in [0, 0.05) is 40.8 Å². The Morgan fingerprint density at radius 2 is 2.16 bits per heavy atom. The van der Waals surface area contributed by atoms with Crippen LogP contribution in [0.1, 0.15) is 46.3 Å². The van der Waals surface area contributed by atoms with Gasteiger partial charge < -0.3 is 9.30 Å². The Hall–Kier alpha value is -2.41. The van der Waals surface area contributed by atoms with E-state index in [2.05, 4.69) is 9.55 Å². The maximum absolute atomic E-state index is 12.4. The molecule has 6 nitrogen and oxygen atoms in total. The van der Waals surface area contributed by atoms with E-state index in [1.807, 2.05) is 35.9 Å². The SMILES string of the molecule is Cc1cc(C(=O)COC(=O)Cc2cn3ccsc3n2)c(C)n1C1CC1. The van der Waals surface area contributed by atoms with E-state index in [1.54, 1.807) is 6.20 Å². The van der Waals surface area contributed by atoms with Gasteiger partial charge in [0.05, 0.1) is 12.1 Å². The van der Waals surface area contributed by atoms with Crippen molar-refractivity contribution in [3.63, 3.8) is 0 Å². The Bertz CT molecular complexity index is 933. The number of aromatic nitrogens is 3. The third-order valence-electron chi connectivity index (χ3n) is 4.53. The van der Waals surface area contributed by atoms with E-state index in [1.165, 1.54) is 24.2 Å². The number of esters is 1. The first-order chi connectivity index (χ1) is 12.0. The van der Waals surface area contributed by atoms with Gasteiger partial charge in [-0.2, -0.15) is 0 Å². The average molecular weight is 357 g/mol. The van der Waals surface area contributed by atoms with Crippen LogP contribution in [-0.4, -0.2) is 32.3 Å². The molecule has 0 unspecified atom stereocenters. The fourth-order valence-corrected chi connectivity index (χ4v) is 3.96. The summed E-state index contributed by atoms with van der Waals surface area (Å²) in [4.78, 5) is 29.6. The molecule has 0 bridgehead atoms. The number of hydrogen-bond acceptors (Lipinski definition) is 5. The number of rotatable bonds is 6. The van der Waals surface area contributed by atoms with E-state index in [0.717, 1.165) is 16.3 Å². The number of aryl methyl sites for hydroxylation is 1. The van der Waals surface area contributed by atoms with Crippen LogP contribution in [0.3, 0.4) is 0 Å². The molecule has 0 saturated heterocycles. The summed E-state index contributed by atoms with van der Waals surface area (Å²) in [5, 5.41) is 1.93. The Morgan fingerprint density at radius 1 is 1.36 bits per heavy atom. The fraction of sp³-hybridized carbons (Fsp3) is 0.389. The standard InChI is InChI=1S/C18H19N3O3S/c1-11-7-15(12(2)21(11)14-3-4-14)16(22)10-24-17(23)8-13-9-20-5-6-25-18(20)19-13/h5-7,9,14H,3-4,8,10H2,1-2H3. The summed E-state index contributed by atoms with van der Waals surface area (Å²) in [6.07, 6.45) is 6.10. The van der Waals surface area contributed by atoms with E-state index in [-0.39, 0.29) is 18.8 Å². The van der Waals surface area contributed by atoms with Crippen LogP contribution < -0.4 is 0 Å². The molecule has 25 heavy (non-hydrogen) atoms. The number of ether oxygens (including phenoxy) is 1. The molecule has 0 atom stereocenters. The monoisotopic (exact) mass is 357 g/mol. The number of thiazole rings is 1. The molecule has 1 aliphatic carbocycles. The third kappa shape index (κ3) is 3.11. The van der Waals surface area contributed by atoms with Gasteiger partial charge in [-0.3, -0.25) is 14.0 Å². The summed E-state index contributed by atoms with van der Waals surface area (Å²) in [5.74, 6) is -0.589. The molecule has 1 fully saturated rings. The number of hydrogen-bond donors (Lipinski definition) is 0. The molecule has 1 aliphatic rings. The molecular weight excluding hydrogens is 338 g/mol. The topological polar surface area (TPSA) is 65.6 Å². The number of carbonyl (C=O) groups excluding carboxylic acids is 2. The largest absolute Gasteiger partial charge is 0.457 e. The van der Waals surface area contributed by atoms with Crippen molar-refractivity contribution in [2.24, 2.45) is 0 Å². The van der Waals surface area contributed by atoms with Crippen molar-refractivity contribution in [3.8, 4) is 0 Å². The highest BCUT2D eigenvalue weighted by Gasteiger charge is 2.28. The summed E-state index contributed by atoms with van der Waals surface area (Å²) < 4.78 is 9.25. The summed E-state index contributed by atoms with van der Waals surface area (Å²) in [6, 6.07) is 2.42. The van der Waals surface area contributed by atoms with Crippen LogP contribution in [0.25, 0.3) is 4.96 Å². The number of fused-ring (bicyclic) bond motifs is 1. The van der Waals surface area contributed by atoms with Crippen molar-refractivity contribution in [3.05, 3.63) is 46.5 Å². The van der Waals surface area contributed by atoms with Gasteiger partial charge in [-0.05, 0) is 32.8 Å². The average Bonchev–Trinajstić information content (AvgIpc) is 3.06. The maximum atomic E-state index is 12.4. The van der Waals surface area contributed by atoms with Gasteiger partial charge in [0.25, 0.3) is 0 Å². The van der Waals surface area contributed by atoms with Gasteiger partial charge in [0.2, 0.25) is 5.78 Å². The van der Waals surface area contributed by atoms with Crippen molar-refractivity contribution in [2.45, 2.75) is 39.2 Å². The smallest absolute Gasteiger partial charge is 0.312 e. The lowest BCUT2D eigenvalue weighted by atomic mass is 10.1. The van der Waals surface area contributed by atoms with Crippen molar-refractivity contribution >= 4 is 28.1 Å². The molecule has 0 aliphatic heterocycles. The lowest BCUT2D eigenvalue weighted by molar-refractivity contribution is -0.141. The van der Waals surface area contributed by atoms with Gasteiger partial charge in [-0.15, -0.1) is 11.3 Å². The number of imidazole rings is 1. The van der Waals surface area contributed by atoms with Gasteiger partial charge in [0.15, 0.2) is 11.6 Å². The highest BCUT2D eigenvalue weighted by atomic mass is 32.1. The van der Waals surface area contributed by atoms with Gasteiger partial charge >= 0.3 is 5.97 Å². The molecule has 3 aromatic rings. The van der Waals surface area contributed by atoms with Crippen LogP contribution in [-0.2, 0) is 16.0 Å². The molecule has 130 valence electrons. The highest BCUT2D eigenvalue weighted by molar-refractivity contribution is 7.15. The molecule has 1 saturated carbocycles. The zero-order valence-corrected chi connectivity index (χ0v) is 15.0. The van der Waals surface area contributed by atoms with E-state index in [0.29, 0.717) is 17.3 Å². The number of carbonyl (C=O) groups is 2. The second-order valence-corrected chi connectivity index (χ2v) is 7.34. The summed E-state index contributed by atoms with van der Waals surface area (Å²) >= 11 is 1.51. The number of ketones is 1. The van der Waals surface area contributed by atoms with E-state index < -0.39 is 5.97 Å². The Balaban J connectivity index is 1.37. The first kappa shape index (κ1) is 16.1. The van der Waals surface area contributed by atoms with Crippen LogP contribution in [0.4, 0.5) is 0 Å². The van der Waals surface area contributed by atoms with Crippen molar-refractivity contribution in [1.29, 1.82) is 0 Å². The van der Waals surface area contributed by atoms with Gasteiger partial charge in [-0.25, -0.2) is 4.98 Å². The maximum Gasteiger partial charge on any atom is 0.312 e. The second kappa shape index (κ2) is 6.15. The molecule has 0 amide bonds. The molecule has 7 heteroatoms. The normalized spacial score (nSPS) is 14.2. The van der Waals surface area contributed by atoms with Crippen molar-refractivity contribution < 1.29 is 14.3 Å². The van der Waals surface area contributed by atoms with Crippen LogP contribution in [0, 0.1) is 13.8 Å². The molecular formula is C18H19N3O3S. The third-order valence-corrected chi connectivity index (χ3v) is 5.30. The zero-order valence-electron chi connectivity index (χ0n) is 14.2. The number of Topliss-reactive ketones (excluding diaryl/α,β-unsaturated/α-hetero) is 1. The lowest BCUT2D eigenvalue weighted by Gasteiger charge is -2.07. The van der Waals surface area contributed by atoms with Crippen molar-refractivity contribution in [2.75, 3.05) is 6.61 Å². The minimum absolute atomic E-state index is 0.0722. The Kier molecular flexibility index (Phi) is 3.95. The van der Waals surface area contributed by atoms with Crippen molar-refractivity contribution in [1.82, 2.24) is 14.0 Å². The predicted octanol–water partition coefficient (Wildman–Crippen LogP) is 3.12. The van der Waals surface area contributed by atoms with Crippen LogP contribution in [0.5, 0.6) is 0 Å². The minimum atomic E-state index is -0.435. The first-order valence-electron chi connectivity index (χ1n) is 8.31. The molecule has 0 spiro atoms. The predicted molar refractivity (Wildman–Crippen MR) is 94.2 cm³/mol. The first-order valence-corrected chi connectivity index (χ1v) is 9.19. The summed E-state index contributed by atoms with van der Waals surface area (Å²) in [5.41, 5.74) is 3.36. The molecule has 0 aromatic carbocycles. The zero-order chi connectivity index (χ0) is 17.6. The number of nitrogens with zero attached hydrogens (tertiary/aromatic N) is 3. The quantitative estimate of drug-likeness (QED) is 0.502. The van der Waals surface area contributed by atoms with E-state index in [9.17, 15) is 9.59 Å². The highest BCUT2D eigenvalue weighted by Crippen LogP contribution is 2.38. The second-order valence-electron chi connectivity index (χ2n) is 6.47. The summed E-state index contributed by atoms with van der Waals surface area (Å²) in [7, 11) is 0. The molecule has 0 N–H and O–H groups in total. The Labute approximate surface area is 149 Å². The molecule has 3 aromatic heterocycles. The minimum Gasteiger partial charge on any atom is -0.457 e. The molecule has 3 heterocycles. The fourth-order valence-electron chi connectivity index (χ4n) is 3.24. The summed E-state index contributed by atoms with van der Waals surface area (Å²) in [6.45, 7) is 3.74. The molecule has 4 rings (SSSR count). The Morgan fingerprint density at radius 3 is 2.88 bits per heavy atom. The lowest BCUT2D eigenvalue weighted by Crippen LogP contribution is -2.16. The molecule has 0 radical (unpaired) electrons. The van der Waals surface area contributed by atoms with Crippen LogP contribution in [0.15, 0.2) is 23.8 Å². The van der Waals surface area contributed by atoms with Crippen LogP contribution >= 0.6 is 11.3 Å². The van der Waals surface area contributed by atoms with E-state index in [4.69, 9.17) is 4.74 Å². The van der Waals surface area contributed by atoms with Crippen LogP contribution in [0.2, 0.25) is 0 Å². The van der Waals surface area contributed by atoms with Gasteiger partial charge in [0.1, 0.15) is 0 Å². The van der Waals surface area contributed by atoms with Gasteiger partial charge in [-0.1, -0.05) is 0 Å².